The fourth-order valence-corrected chi connectivity index (χ4v) is 6.65. The van der Waals surface area contributed by atoms with E-state index >= 15 is 0 Å². The van der Waals surface area contributed by atoms with Crippen LogP contribution >= 0.6 is 11.6 Å². The molecule has 6 nitrogen and oxygen atoms in total. The second-order valence-electron chi connectivity index (χ2n) is 8.76. The van der Waals surface area contributed by atoms with Crippen molar-refractivity contribution in [2.45, 2.75) is 44.0 Å². The number of anilines is 1. The third kappa shape index (κ3) is 4.95. The van der Waals surface area contributed by atoms with Crippen LogP contribution in [0.2, 0.25) is 5.02 Å². The van der Waals surface area contributed by atoms with Crippen LogP contribution in [0.25, 0.3) is 0 Å². The lowest BCUT2D eigenvalue weighted by atomic mass is 10.0. The Kier molecular flexibility index (Phi) is 7.08. The van der Waals surface area contributed by atoms with E-state index in [1.807, 2.05) is 25.1 Å². The van der Waals surface area contributed by atoms with E-state index in [4.69, 9.17) is 11.6 Å². The molecule has 1 amide bonds. The summed E-state index contributed by atoms with van der Waals surface area (Å²) in [6.45, 7) is 5.43. The first kappa shape index (κ1) is 23.1. The average Bonchev–Trinajstić information content (AvgIpc) is 3.32. The van der Waals surface area contributed by atoms with Crippen molar-refractivity contribution in [2.75, 3.05) is 31.1 Å². The van der Waals surface area contributed by atoms with Gasteiger partial charge in [-0.05, 0) is 61.4 Å². The van der Waals surface area contributed by atoms with Crippen LogP contribution in [0.5, 0.6) is 0 Å². The molecule has 0 spiro atoms. The lowest BCUT2D eigenvalue weighted by Crippen LogP contribution is -2.39. The van der Waals surface area contributed by atoms with E-state index in [9.17, 15) is 13.2 Å². The number of rotatable bonds is 6. The Bertz CT molecular complexity index is 1080. The van der Waals surface area contributed by atoms with E-state index in [1.54, 1.807) is 6.07 Å². The summed E-state index contributed by atoms with van der Waals surface area (Å²) >= 11 is 6.26. The normalized spacial score (nSPS) is 19.8. The van der Waals surface area contributed by atoms with Crippen LogP contribution in [0.15, 0.2) is 47.4 Å². The van der Waals surface area contributed by atoms with Crippen molar-refractivity contribution in [3.8, 4) is 0 Å². The smallest absolute Gasteiger partial charge is 0.251 e. The van der Waals surface area contributed by atoms with Gasteiger partial charge in [-0.3, -0.25) is 4.79 Å². The number of amides is 1. The van der Waals surface area contributed by atoms with Crippen LogP contribution in [0, 0.1) is 5.92 Å². The van der Waals surface area contributed by atoms with Gasteiger partial charge in [-0.2, -0.15) is 4.31 Å². The highest BCUT2D eigenvalue weighted by atomic mass is 35.5. The number of halogens is 1. The third-order valence-corrected chi connectivity index (χ3v) is 8.66. The van der Waals surface area contributed by atoms with Crippen molar-refractivity contribution >= 4 is 33.2 Å². The number of hydrogen-bond donors (Lipinski definition) is 1. The van der Waals surface area contributed by atoms with Gasteiger partial charge in [0.25, 0.3) is 5.91 Å². The number of nitrogens with one attached hydrogen (secondary N) is 1. The molecule has 2 aliphatic rings. The topological polar surface area (TPSA) is 69.7 Å². The van der Waals surface area contributed by atoms with Gasteiger partial charge in [0.05, 0.1) is 5.02 Å². The minimum Gasteiger partial charge on any atom is -0.371 e. The van der Waals surface area contributed by atoms with Gasteiger partial charge in [-0.15, -0.1) is 0 Å². The van der Waals surface area contributed by atoms with Gasteiger partial charge in [0.15, 0.2) is 0 Å². The number of nitrogens with zero attached hydrogens (tertiary/aromatic N) is 2. The van der Waals surface area contributed by atoms with Gasteiger partial charge < -0.3 is 10.2 Å². The summed E-state index contributed by atoms with van der Waals surface area (Å²) in [6, 6.07) is 12.5. The highest BCUT2D eigenvalue weighted by Gasteiger charge is 2.31. The molecule has 2 saturated heterocycles. The van der Waals surface area contributed by atoms with Gasteiger partial charge in [-0.1, -0.05) is 36.7 Å². The van der Waals surface area contributed by atoms with Gasteiger partial charge in [0, 0.05) is 44.0 Å². The van der Waals surface area contributed by atoms with Crippen LogP contribution in [0.1, 0.15) is 48.5 Å². The van der Waals surface area contributed by atoms with Crippen molar-refractivity contribution in [2.24, 2.45) is 5.92 Å². The molecule has 0 bridgehead atoms. The summed E-state index contributed by atoms with van der Waals surface area (Å²) < 4.78 is 27.9. The molecule has 32 heavy (non-hydrogen) atoms. The standard InChI is InChI=1S/C24H30ClN3O3S/c1-18-7-6-14-28(17-18)32(30,31)23-15-19(10-11-21(23)25)24(29)26-16-20-8-2-3-9-22(20)27-12-4-5-13-27/h2-3,8-11,15,18H,4-7,12-14,16-17H2,1H3,(H,26,29). The highest BCUT2D eigenvalue weighted by Crippen LogP contribution is 2.29. The Morgan fingerprint density at radius 1 is 1.09 bits per heavy atom. The minimum absolute atomic E-state index is 0.00150. The van der Waals surface area contributed by atoms with Gasteiger partial charge in [0.2, 0.25) is 10.0 Å². The zero-order valence-electron chi connectivity index (χ0n) is 18.4. The van der Waals surface area contributed by atoms with Gasteiger partial charge in [0.1, 0.15) is 4.90 Å². The largest absolute Gasteiger partial charge is 0.371 e. The molecule has 0 aliphatic carbocycles. The molecule has 1 unspecified atom stereocenters. The fourth-order valence-electron chi connectivity index (χ4n) is 4.55. The predicted octanol–water partition coefficient (Wildman–Crippen LogP) is 4.29. The van der Waals surface area contributed by atoms with E-state index in [0.717, 1.165) is 37.2 Å². The Morgan fingerprint density at radius 3 is 2.59 bits per heavy atom. The lowest BCUT2D eigenvalue weighted by Gasteiger charge is -2.30. The van der Waals surface area contributed by atoms with Crippen molar-refractivity contribution in [3.63, 3.8) is 0 Å². The van der Waals surface area contributed by atoms with E-state index in [2.05, 4.69) is 16.3 Å². The number of hydrogen-bond acceptors (Lipinski definition) is 4. The Balaban J connectivity index is 1.51. The van der Waals surface area contributed by atoms with E-state index in [-0.39, 0.29) is 21.4 Å². The quantitative estimate of drug-likeness (QED) is 0.676. The first-order chi connectivity index (χ1) is 15.4. The maximum atomic E-state index is 13.2. The number of sulfonamides is 1. The zero-order chi connectivity index (χ0) is 22.7. The Morgan fingerprint density at radius 2 is 1.84 bits per heavy atom. The summed E-state index contributed by atoms with van der Waals surface area (Å²) in [6.07, 6.45) is 4.20. The third-order valence-electron chi connectivity index (χ3n) is 6.31. The molecule has 1 atom stereocenters. The number of carbonyl (C=O) groups excluding carboxylic acids is 1. The van der Waals surface area contributed by atoms with Crippen molar-refractivity contribution in [1.82, 2.24) is 9.62 Å². The molecule has 8 heteroatoms. The SMILES string of the molecule is CC1CCCN(S(=O)(=O)c2cc(C(=O)NCc3ccccc3N3CCCC3)ccc2Cl)C1. The molecular formula is C24H30ClN3O3S. The summed E-state index contributed by atoms with van der Waals surface area (Å²) in [5.74, 6) is -0.0131. The molecule has 172 valence electrons. The second kappa shape index (κ2) is 9.81. The van der Waals surface area contributed by atoms with Crippen LogP contribution in [0.4, 0.5) is 5.69 Å². The molecule has 2 aromatic rings. The summed E-state index contributed by atoms with van der Waals surface area (Å²) in [5.41, 5.74) is 2.48. The average molecular weight is 476 g/mol. The minimum atomic E-state index is -3.75. The lowest BCUT2D eigenvalue weighted by molar-refractivity contribution is 0.0950. The highest BCUT2D eigenvalue weighted by molar-refractivity contribution is 7.89. The van der Waals surface area contributed by atoms with Gasteiger partial charge in [-0.25, -0.2) is 8.42 Å². The predicted molar refractivity (Wildman–Crippen MR) is 128 cm³/mol. The van der Waals surface area contributed by atoms with E-state index in [1.165, 1.54) is 29.3 Å². The zero-order valence-corrected chi connectivity index (χ0v) is 20.0. The molecule has 4 rings (SSSR count). The maximum absolute atomic E-state index is 13.2. The van der Waals surface area contributed by atoms with Crippen LogP contribution in [-0.4, -0.2) is 44.8 Å². The first-order valence-corrected chi connectivity index (χ1v) is 13.1. The summed E-state index contributed by atoms with van der Waals surface area (Å²) in [4.78, 5) is 15.2. The van der Waals surface area contributed by atoms with Crippen LogP contribution in [-0.2, 0) is 16.6 Å². The number of benzene rings is 2. The Hall–Kier alpha value is -2.09. The Labute approximate surface area is 195 Å². The second-order valence-corrected chi connectivity index (χ2v) is 11.1. The number of carbonyl (C=O) groups is 1. The molecule has 2 heterocycles. The van der Waals surface area contributed by atoms with Crippen LogP contribution in [0.3, 0.4) is 0 Å². The van der Waals surface area contributed by atoms with E-state index < -0.39 is 10.0 Å². The van der Waals surface area contributed by atoms with Crippen molar-refractivity contribution in [1.29, 1.82) is 0 Å². The molecule has 0 radical (unpaired) electrons. The van der Waals surface area contributed by atoms with Gasteiger partial charge >= 0.3 is 0 Å². The maximum Gasteiger partial charge on any atom is 0.251 e. The molecule has 2 aliphatic heterocycles. The first-order valence-electron chi connectivity index (χ1n) is 11.3. The summed E-state index contributed by atoms with van der Waals surface area (Å²) in [5, 5.41) is 3.08. The fraction of sp³-hybridized carbons (Fsp3) is 0.458. The number of para-hydroxylation sites is 1. The summed E-state index contributed by atoms with van der Waals surface area (Å²) in [7, 11) is -3.75. The van der Waals surface area contributed by atoms with Crippen LogP contribution < -0.4 is 10.2 Å². The molecule has 2 aromatic carbocycles. The van der Waals surface area contributed by atoms with Crippen molar-refractivity contribution in [3.05, 3.63) is 58.6 Å². The molecule has 2 fully saturated rings. The number of piperidine rings is 1. The molecule has 0 aromatic heterocycles. The monoisotopic (exact) mass is 475 g/mol. The molecule has 0 saturated carbocycles. The van der Waals surface area contributed by atoms with E-state index in [0.29, 0.717) is 25.6 Å². The van der Waals surface area contributed by atoms with Crippen molar-refractivity contribution < 1.29 is 13.2 Å². The molecular weight excluding hydrogens is 446 g/mol. The molecule has 1 N–H and O–H groups in total.